The number of rotatable bonds is 4. The Morgan fingerprint density at radius 2 is 2.24 bits per heavy atom. The molecule has 2 atom stereocenters. The van der Waals surface area contributed by atoms with Crippen LogP contribution in [-0.4, -0.2) is 37.0 Å². The Balaban J connectivity index is 2.03. The van der Waals surface area contributed by atoms with Crippen LogP contribution in [0.5, 0.6) is 0 Å². The van der Waals surface area contributed by atoms with Crippen LogP contribution in [0.25, 0.3) is 0 Å². The molecule has 1 aliphatic rings. The fourth-order valence-electron chi connectivity index (χ4n) is 2.42. The quantitative estimate of drug-likeness (QED) is 0.765. The van der Waals surface area contributed by atoms with E-state index < -0.39 is 0 Å². The molecule has 0 bridgehead atoms. The summed E-state index contributed by atoms with van der Waals surface area (Å²) in [4.78, 5) is 2.24. The SMILES string of the molecule is CC(Cl)CN(C)CC1OCCc2ccccc21. The molecule has 1 aliphatic heterocycles. The van der Waals surface area contributed by atoms with Crippen LogP contribution >= 0.6 is 11.6 Å². The minimum absolute atomic E-state index is 0.179. The van der Waals surface area contributed by atoms with Gasteiger partial charge in [0.05, 0.1) is 12.7 Å². The Bertz CT molecular complexity index is 367. The van der Waals surface area contributed by atoms with Crippen molar-refractivity contribution >= 4 is 11.6 Å². The number of halogens is 1. The number of benzene rings is 1. The highest BCUT2D eigenvalue weighted by Gasteiger charge is 2.21. The van der Waals surface area contributed by atoms with Crippen molar-refractivity contribution in [2.24, 2.45) is 0 Å². The van der Waals surface area contributed by atoms with Crippen molar-refractivity contribution in [3.8, 4) is 0 Å². The zero-order valence-electron chi connectivity index (χ0n) is 10.5. The molecule has 2 rings (SSSR count). The van der Waals surface area contributed by atoms with Gasteiger partial charge in [0.2, 0.25) is 0 Å². The number of hydrogen-bond donors (Lipinski definition) is 0. The summed E-state index contributed by atoms with van der Waals surface area (Å²) in [6, 6.07) is 8.57. The van der Waals surface area contributed by atoms with Crippen molar-refractivity contribution in [2.45, 2.75) is 24.8 Å². The summed E-state index contributed by atoms with van der Waals surface area (Å²) in [5.74, 6) is 0. The second kappa shape index (κ2) is 5.85. The fourth-order valence-corrected chi connectivity index (χ4v) is 2.65. The highest BCUT2D eigenvalue weighted by atomic mass is 35.5. The van der Waals surface area contributed by atoms with E-state index in [1.165, 1.54) is 11.1 Å². The lowest BCUT2D eigenvalue weighted by Gasteiger charge is -2.30. The van der Waals surface area contributed by atoms with E-state index in [9.17, 15) is 0 Å². The van der Waals surface area contributed by atoms with Crippen LogP contribution in [0.15, 0.2) is 24.3 Å². The predicted octanol–water partition coefficient (Wildman–Crippen LogP) is 2.86. The van der Waals surface area contributed by atoms with Crippen molar-refractivity contribution in [1.29, 1.82) is 0 Å². The lowest BCUT2D eigenvalue weighted by atomic mass is 9.97. The topological polar surface area (TPSA) is 12.5 Å². The van der Waals surface area contributed by atoms with E-state index in [-0.39, 0.29) is 11.5 Å². The van der Waals surface area contributed by atoms with Gasteiger partial charge in [-0.05, 0) is 31.5 Å². The van der Waals surface area contributed by atoms with Crippen LogP contribution in [0.2, 0.25) is 0 Å². The van der Waals surface area contributed by atoms with Crippen LogP contribution in [0.1, 0.15) is 24.2 Å². The zero-order chi connectivity index (χ0) is 12.3. The molecule has 0 fully saturated rings. The summed E-state index contributed by atoms with van der Waals surface area (Å²) in [5, 5.41) is 0.179. The standard InChI is InChI=1S/C14H20ClNO/c1-11(15)9-16(2)10-14-13-6-4-3-5-12(13)7-8-17-14/h3-6,11,14H,7-10H2,1-2H3. The third-order valence-electron chi connectivity index (χ3n) is 3.13. The highest BCUT2D eigenvalue weighted by Crippen LogP contribution is 2.27. The van der Waals surface area contributed by atoms with E-state index in [1.54, 1.807) is 0 Å². The monoisotopic (exact) mass is 253 g/mol. The van der Waals surface area contributed by atoms with Crippen molar-refractivity contribution in [1.82, 2.24) is 4.90 Å². The first-order valence-electron chi connectivity index (χ1n) is 6.19. The van der Waals surface area contributed by atoms with Gasteiger partial charge in [-0.25, -0.2) is 0 Å². The smallest absolute Gasteiger partial charge is 0.0954 e. The molecular formula is C14H20ClNO. The van der Waals surface area contributed by atoms with Gasteiger partial charge in [-0.1, -0.05) is 24.3 Å². The second-order valence-corrected chi connectivity index (χ2v) is 5.56. The van der Waals surface area contributed by atoms with Gasteiger partial charge in [0.1, 0.15) is 0 Å². The molecule has 2 nitrogen and oxygen atoms in total. The maximum atomic E-state index is 6.01. The van der Waals surface area contributed by atoms with Crippen molar-refractivity contribution in [3.05, 3.63) is 35.4 Å². The summed E-state index contributed by atoms with van der Waals surface area (Å²) in [5.41, 5.74) is 2.77. The average molecular weight is 254 g/mol. The first kappa shape index (κ1) is 12.9. The van der Waals surface area contributed by atoms with Crippen molar-refractivity contribution < 1.29 is 4.74 Å². The maximum Gasteiger partial charge on any atom is 0.0954 e. The van der Waals surface area contributed by atoms with E-state index in [0.717, 1.165) is 26.1 Å². The molecule has 0 N–H and O–H groups in total. The molecule has 1 aromatic rings. The summed E-state index contributed by atoms with van der Waals surface area (Å²) in [7, 11) is 2.10. The summed E-state index contributed by atoms with van der Waals surface area (Å²) >= 11 is 6.01. The Hall–Kier alpha value is -0.570. The third-order valence-corrected chi connectivity index (χ3v) is 3.27. The van der Waals surface area contributed by atoms with E-state index in [1.807, 2.05) is 6.92 Å². The molecule has 0 spiro atoms. The van der Waals surface area contributed by atoms with E-state index in [0.29, 0.717) is 0 Å². The van der Waals surface area contributed by atoms with Gasteiger partial charge in [-0.2, -0.15) is 0 Å². The van der Waals surface area contributed by atoms with Gasteiger partial charge in [0.25, 0.3) is 0 Å². The van der Waals surface area contributed by atoms with Crippen molar-refractivity contribution in [2.75, 3.05) is 26.7 Å². The van der Waals surface area contributed by atoms with E-state index in [2.05, 4.69) is 36.2 Å². The van der Waals surface area contributed by atoms with Crippen LogP contribution in [0.3, 0.4) is 0 Å². The molecule has 0 saturated carbocycles. The second-order valence-electron chi connectivity index (χ2n) is 4.81. The summed E-state index contributed by atoms with van der Waals surface area (Å²) in [6.45, 7) is 4.65. The first-order valence-corrected chi connectivity index (χ1v) is 6.62. The number of fused-ring (bicyclic) bond motifs is 1. The fraction of sp³-hybridized carbons (Fsp3) is 0.571. The minimum Gasteiger partial charge on any atom is -0.372 e. The molecule has 0 saturated heterocycles. The molecule has 0 aliphatic carbocycles. The van der Waals surface area contributed by atoms with Crippen LogP contribution < -0.4 is 0 Å². The lowest BCUT2D eigenvalue weighted by molar-refractivity contribution is 0.0213. The van der Waals surface area contributed by atoms with E-state index >= 15 is 0 Å². The van der Waals surface area contributed by atoms with Crippen molar-refractivity contribution in [3.63, 3.8) is 0 Å². The first-order chi connectivity index (χ1) is 8.16. The summed E-state index contributed by atoms with van der Waals surface area (Å²) in [6.07, 6.45) is 1.22. The third kappa shape index (κ3) is 3.44. The average Bonchev–Trinajstić information content (AvgIpc) is 2.28. The number of hydrogen-bond acceptors (Lipinski definition) is 2. The van der Waals surface area contributed by atoms with Gasteiger partial charge in [-0.3, -0.25) is 0 Å². The molecule has 0 aromatic heterocycles. The van der Waals surface area contributed by atoms with E-state index in [4.69, 9.17) is 16.3 Å². The molecule has 3 heteroatoms. The van der Waals surface area contributed by atoms with Gasteiger partial charge < -0.3 is 9.64 Å². The Morgan fingerprint density at radius 3 is 3.00 bits per heavy atom. The Morgan fingerprint density at radius 1 is 1.47 bits per heavy atom. The Kier molecular flexibility index (Phi) is 4.43. The van der Waals surface area contributed by atoms with Crippen LogP contribution in [-0.2, 0) is 11.2 Å². The number of nitrogens with zero attached hydrogens (tertiary/aromatic N) is 1. The molecule has 94 valence electrons. The minimum atomic E-state index is 0.179. The molecule has 1 heterocycles. The molecular weight excluding hydrogens is 234 g/mol. The van der Waals surface area contributed by atoms with Gasteiger partial charge in [-0.15, -0.1) is 11.6 Å². The predicted molar refractivity (Wildman–Crippen MR) is 71.7 cm³/mol. The van der Waals surface area contributed by atoms with Crippen LogP contribution in [0, 0.1) is 0 Å². The highest BCUT2D eigenvalue weighted by molar-refractivity contribution is 6.20. The summed E-state index contributed by atoms with van der Waals surface area (Å²) < 4.78 is 5.87. The zero-order valence-corrected chi connectivity index (χ0v) is 11.3. The Labute approximate surface area is 109 Å². The lowest BCUT2D eigenvalue weighted by Crippen LogP contribution is -2.32. The van der Waals surface area contributed by atoms with Gasteiger partial charge in [0.15, 0.2) is 0 Å². The molecule has 0 radical (unpaired) electrons. The largest absolute Gasteiger partial charge is 0.372 e. The number of alkyl halides is 1. The molecule has 2 unspecified atom stereocenters. The molecule has 17 heavy (non-hydrogen) atoms. The molecule has 0 amide bonds. The number of ether oxygens (including phenoxy) is 1. The normalized spacial score (nSPS) is 21.3. The maximum absolute atomic E-state index is 6.01. The van der Waals surface area contributed by atoms with Gasteiger partial charge >= 0.3 is 0 Å². The number of likely N-dealkylation sites (N-methyl/N-ethyl adjacent to an activating group) is 1. The van der Waals surface area contributed by atoms with Crippen LogP contribution in [0.4, 0.5) is 0 Å². The molecule has 1 aromatic carbocycles. The van der Waals surface area contributed by atoms with Gasteiger partial charge in [0, 0.05) is 18.5 Å².